The van der Waals surface area contributed by atoms with Crippen molar-refractivity contribution in [2.24, 2.45) is 10.9 Å². The average Bonchev–Trinajstić information content (AvgIpc) is 2.97. The van der Waals surface area contributed by atoms with Crippen molar-refractivity contribution in [3.8, 4) is 11.5 Å². The molecule has 3 rings (SSSR count). The van der Waals surface area contributed by atoms with E-state index in [1.807, 2.05) is 59.9 Å². The number of aromatic nitrogens is 2. The zero-order valence-electron chi connectivity index (χ0n) is 28.7. The van der Waals surface area contributed by atoms with E-state index in [9.17, 15) is 9.59 Å². The third-order valence-electron chi connectivity index (χ3n) is 7.31. The fraction of sp³-hybridized carbons (Fsp3) is 0.545. The molecule has 46 heavy (non-hydrogen) atoms. The lowest BCUT2D eigenvalue weighted by Crippen LogP contribution is -2.43. The number of aliphatic imine (C=N–C) groups is 1. The number of rotatable bonds is 9. The van der Waals surface area contributed by atoms with Crippen LogP contribution in [0, 0.1) is 19.8 Å². The summed E-state index contributed by atoms with van der Waals surface area (Å²) in [6, 6.07) is 1.76. The van der Waals surface area contributed by atoms with Crippen LogP contribution in [-0.4, -0.2) is 89.1 Å². The third kappa shape index (κ3) is 10.7. The molecule has 0 spiro atoms. The van der Waals surface area contributed by atoms with Gasteiger partial charge in [-0.25, -0.2) is 14.8 Å². The summed E-state index contributed by atoms with van der Waals surface area (Å²) in [7, 11) is 3.92. The standard InChI is InChI=1S/C33H48BrN7O4S/c1-20(2)28(23-11-14-41(15-12-23)32(43)45-33(5,6)7)39-31(46-10)38-27-17-26(25(34)19-37-27)44-29-21(3)24(18-36-22(29)4)30(42)35-13-16-40(8)9/h17-19,23H,11-16H2,1-10H3,(H,35,42)(H,37,38,39). The van der Waals surface area contributed by atoms with Crippen LogP contribution >= 0.6 is 27.7 Å². The molecular weight excluding hydrogens is 670 g/mol. The minimum Gasteiger partial charge on any atom is -0.454 e. The monoisotopic (exact) mass is 717 g/mol. The van der Waals surface area contributed by atoms with Gasteiger partial charge in [0.15, 0.2) is 16.7 Å². The van der Waals surface area contributed by atoms with Gasteiger partial charge in [-0.2, -0.15) is 0 Å². The van der Waals surface area contributed by atoms with E-state index in [0.29, 0.717) is 63.4 Å². The summed E-state index contributed by atoms with van der Waals surface area (Å²) in [5, 5.41) is 7.19. The predicted molar refractivity (Wildman–Crippen MR) is 189 cm³/mol. The van der Waals surface area contributed by atoms with Crippen molar-refractivity contribution in [2.45, 2.75) is 66.9 Å². The Labute approximate surface area is 286 Å². The molecule has 1 aliphatic rings. The summed E-state index contributed by atoms with van der Waals surface area (Å²) < 4.78 is 12.6. The zero-order valence-corrected chi connectivity index (χ0v) is 31.1. The van der Waals surface area contributed by atoms with Crippen molar-refractivity contribution in [1.82, 2.24) is 30.4 Å². The lowest BCUT2D eigenvalue weighted by molar-refractivity contribution is 0.0193. The maximum absolute atomic E-state index is 12.9. The van der Waals surface area contributed by atoms with E-state index >= 15 is 0 Å². The van der Waals surface area contributed by atoms with Crippen LogP contribution in [0.15, 0.2) is 39.2 Å². The van der Waals surface area contributed by atoms with Crippen molar-refractivity contribution >= 4 is 50.7 Å². The minimum atomic E-state index is -0.517. The van der Waals surface area contributed by atoms with Crippen LogP contribution in [-0.2, 0) is 4.74 Å². The molecule has 2 aromatic heterocycles. The number of amides is 2. The predicted octanol–water partition coefficient (Wildman–Crippen LogP) is 6.82. The van der Waals surface area contributed by atoms with E-state index in [1.165, 1.54) is 11.8 Å². The molecule has 11 nitrogen and oxygen atoms in total. The van der Waals surface area contributed by atoms with Gasteiger partial charge in [-0.3, -0.25) is 9.78 Å². The van der Waals surface area contributed by atoms with Gasteiger partial charge in [-0.15, -0.1) is 0 Å². The fourth-order valence-corrected chi connectivity index (χ4v) is 5.59. The van der Waals surface area contributed by atoms with Gasteiger partial charge in [0.2, 0.25) is 0 Å². The van der Waals surface area contributed by atoms with Crippen LogP contribution in [0.2, 0.25) is 0 Å². The van der Waals surface area contributed by atoms with E-state index < -0.39 is 5.60 Å². The number of carbonyl (C=O) groups is 2. The number of carbonyl (C=O) groups excluding carboxylic acids is 2. The van der Waals surface area contributed by atoms with Gasteiger partial charge in [-0.1, -0.05) is 17.3 Å². The van der Waals surface area contributed by atoms with Gasteiger partial charge in [0.05, 0.1) is 15.7 Å². The molecule has 0 aromatic carbocycles. The molecule has 3 heterocycles. The Morgan fingerprint density at radius 2 is 1.83 bits per heavy atom. The lowest BCUT2D eigenvalue weighted by Gasteiger charge is -2.35. The van der Waals surface area contributed by atoms with Crippen LogP contribution in [0.3, 0.4) is 0 Å². The van der Waals surface area contributed by atoms with Gasteiger partial charge in [0, 0.05) is 61.8 Å². The molecule has 2 N–H and O–H groups in total. The first-order chi connectivity index (χ1) is 21.6. The number of amidine groups is 1. The molecule has 0 radical (unpaired) electrons. The molecule has 252 valence electrons. The molecule has 2 amide bonds. The first kappa shape index (κ1) is 37.3. The van der Waals surface area contributed by atoms with Crippen molar-refractivity contribution in [1.29, 1.82) is 0 Å². The molecule has 0 bridgehead atoms. The molecule has 1 aliphatic heterocycles. The molecule has 1 fully saturated rings. The molecule has 0 unspecified atom stereocenters. The van der Waals surface area contributed by atoms with Gasteiger partial charge in [0.1, 0.15) is 11.4 Å². The summed E-state index contributed by atoms with van der Waals surface area (Å²) in [6.45, 7) is 16.0. The second kappa shape index (κ2) is 16.6. The molecule has 1 saturated heterocycles. The highest BCUT2D eigenvalue weighted by atomic mass is 79.9. The average molecular weight is 719 g/mol. The largest absolute Gasteiger partial charge is 0.454 e. The number of pyridine rings is 2. The zero-order chi connectivity index (χ0) is 34.2. The Morgan fingerprint density at radius 1 is 1.15 bits per heavy atom. The number of aryl methyl sites for hydroxylation is 1. The maximum Gasteiger partial charge on any atom is 0.410 e. The normalized spacial score (nSPS) is 14.3. The molecular formula is C33H48BrN7O4S. The second-order valence-corrected chi connectivity index (χ2v) is 14.4. The first-order valence-corrected chi connectivity index (χ1v) is 17.4. The maximum atomic E-state index is 12.9. The highest BCUT2D eigenvalue weighted by Crippen LogP contribution is 2.36. The van der Waals surface area contributed by atoms with E-state index in [0.717, 1.165) is 30.7 Å². The van der Waals surface area contributed by atoms with E-state index in [4.69, 9.17) is 14.5 Å². The van der Waals surface area contributed by atoms with Gasteiger partial charge in [-0.05, 0) is 97.6 Å². The number of piperidine rings is 1. The van der Waals surface area contributed by atoms with Gasteiger partial charge < -0.3 is 29.9 Å². The fourth-order valence-electron chi connectivity index (χ4n) is 4.89. The Morgan fingerprint density at radius 3 is 2.41 bits per heavy atom. The topological polar surface area (TPSA) is 121 Å². The Bertz CT molecular complexity index is 1460. The Balaban J connectivity index is 1.78. The number of allylic oxidation sites excluding steroid dienone is 2. The van der Waals surface area contributed by atoms with Gasteiger partial charge in [0.25, 0.3) is 5.91 Å². The molecule has 0 saturated carbocycles. The number of likely N-dealkylation sites (tertiary alicyclic amines) is 1. The SMILES string of the molecule is CSC(=Nc1cc(Oc2c(C)ncc(C(=O)NCCN(C)C)c2C)c(Br)cn1)NC(=C(C)C)C1CCN(C(=O)OC(C)(C)C)CC1. The van der Waals surface area contributed by atoms with Crippen LogP contribution in [0.4, 0.5) is 10.6 Å². The second-order valence-electron chi connectivity index (χ2n) is 12.7. The summed E-state index contributed by atoms with van der Waals surface area (Å²) in [4.78, 5) is 43.0. The third-order valence-corrected chi connectivity index (χ3v) is 8.49. The van der Waals surface area contributed by atoms with Crippen molar-refractivity contribution in [2.75, 3.05) is 46.5 Å². The smallest absolute Gasteiger partial charge is 0.410 e. The molecule has 0 aliphatic carbocycles. The van der Waals surface area contributed by atoms with Crippen LogP contribution in [0.5, 0.6) is 11.5 Å². The highest BCUT2D eigenvalue weighted by Gasteiger charge is 2.29. The lowest BCUT2D eigenvalue weighted by atomic mass is 9.91. The number of hydrogen-bond donors (Lipinski definition) is 2. The van der Waals surface area contributed by atoms with E-state index in [1.54, 1.807) is 23.4 Å². The summed E-state index contributed by atoms with van der Waals surface area (Å²) in [5.74, 6) is 1.53. The quantitative estimate of drug-likeness (QED) is 0.213. The molecule has 0 atom stereocenters. The van der Waals surface area contributed by atoms with E-state index in [-0.39, 0.29) is 17.9 Å². The summed E-state index contributed by atoms with van der Waals surface area (Å²) >= 11 is 5.04. The summed E-state index contributed by atoms with van der Waals surface area (Å²) in [6.07, 6.45) is 6.57. The van der Waals surface area contributed by atoms with Gasteiger partial charge >= 0.3 is 6.09 Å². The minimum absolute atomic E-state index is 0.197. The number of ether oxygens (including phenoxy) is 2. The number of halogens is 1. The Hall–Kier alpha value is -3.16. The van der Waals surface area contributed by atoms with Crippen LogP contribution in [0.25, 0.3) is 0 Å². The van der Waals surface area contributed by atoms with Crippen molar-refractivity contribution in [3.63, 3.8) is 0 Å². The number of nitrogens with zero attached hydrogens (tertiary/aromatic N) is 5. The highest BCUT2D eigenvalue weighted by molar-refractivity contribution is 9.10. The molecule has 13 heteroatoms. The number of hydrogen-bond acceptors (Lipinski definition) is 9. The van der Waals surface area contributed by atoms with Crippen LogP contribution < -0.4 is 15.4 Å². The van der Waals surface area contributed by atoms with E-state index in [2.05, 4.69) is 50.4 Å². The number of nitrogens with one attached hydrogen (secondary N) is 2. The summed E-state index contributed by atoms with van der Waals surface area (Å²) in [5.41, 5.74) is 3.56. The van der Waals surface area contributed by atoms with Crippen LogP contribution in [0.1, 0.15) is 69.1 Å². The molecule has 2 aromatic rings. The van der Waals surface area contributed by atoms with Crippen molar-refractivity contribution < 1.29 is 19.1 Å². The Kier molecular flexibility index (Phi) is 13.5. The number of likely N-dealkylation sites (N-methyl/N-ethyl adjacent to an activating group) is 1. The number of thioether (sulfide) groups is 1. The van der Waals surface area contributed by atoms with Crippen molar-refractivity contribution in [3.05, 3.63) is 51.0 Å². The first-order valence-electron chi connectivity index (χ1n) is 15.4.